The van der Waals surface area contributed by atoms with Crippen LogP contribution >= 0.6 is 0 Å². The maximum atomic E-state index is 13.3. The number of rotatable bonds is 8. The summed E-state index contributed by atoms with van der Waals surface area (Å²) in [7, 11) is 1.56. The Balaban J connectivity index is 1.35. The zero-order chi connectivity index (χ0) is 25.3. The molecule has 7 heteroatoms. The van der Waals surface area contributed by atoms with Crippen LogP contribution in [0.4, 0.5) is 4.79 Å². The summed E-state index contributed by atoms with van der Waals surface area (Å²) in [6.45, 7) is 2.55. The smallest absolute Gasteiger partial charge is 0.493 e. The number of fused-ring (bicyclic) bond motifs is 1. The highest BCUT2D eigenvalue weighted by Crippen LogP contribution is 2.49. The van der Waals surface area contributed by atoms with Crippen LogP contribution in [0.15, 0.2) is 66.7 Å². The molecule has 3 aromatic rings. The molecule has 1 fully saturated rings. The van der Waals surface area contributed by atoms with E-state index in [1.807, 2.05) is 24.3 Å². The first-order chi connectivity index (χ1) is 17.3. The third-order valence-electron chi connectivity index (χ3n) is 7.11. The molecule has 0 atom stereocenters. The van der Waals surface area contributed by atoms with E-state index in [0.29, 0.717) is 23.7 Å². The van der Waals surface area contributed by atoms with Crippen LogP contribution in [0.25, 0.3) is 0 Å². The molecule has 3 aromatic carbocycles. The molecule has 7 nitrogen and oxygen atoms in total. The second kappa shape index (κ2) is 9.22. The van der Waals surface area contributed by atoms with Gasteiger partial charge in [0.2, 0.25) is 0 Å². The molecule has 0 radical (unpaired) electrons. The molecule has 2 aliphatic rings. The number of amides is 1. The minimum Gasteiger partial charge on any atom is -0.493 e. The van der Waals surface area contributed by atoms with Crippen molar-refractivity contribution in [2.45, 2.75) is 43.7 Å². The van der Waals surface area contributed by atoms with E-state index >= 15 is 0 Å². The lowest BCUT2D eigenvalue weighted by atomic mass is 9.95. The van der Waals surface area contributed by atoms with E-state index in [0.717, 1.165) is 24.0 Å². The SMILES string of the molecule is COc1ccc(C(=O)NC2(OC(=O)O)Cc3ccccc3C2)cc1OCC1(c2cccc(C)c2)CC1. The lowest BCUT2D eigenvalue weighted by Gasteiger charge is -2.28. The number of carbonyl (C=O) groups is 2. The molecule has 5 rings (SSSR count). The molecule has 36 heavy (non-hydrogen) atoms. The van der Waals surface area contributed by atoms with Crippen molar-refractivity contribution in [2.24, 2.45) is 0 Å². The summed E-state index contributed by atoms with van der Waals surface area (Å²) in [5, 5.41) is 12.2. The van der Waals surface area contributed by atoms with E-state index in [9.17, 15) is 14.7 Å². The van der Waals surface area contributed by atoms with Gasteiger partial charge < -0.3 is 24.6 Å². The van der Waals surface area contributed by atoms with Gasteiger partial charge in [0.15, 0.2) is 17.2 Å². The molecular formula is C29H29NO6. The van der Waals surface area contributed by atoms with Gasteiger partial charge in [-0.15, -0.1) is 0 Å². The van der Waals surface area contributed by atoms with Crippen molar-refractivity contribution in [3.05, 3.63) is 94.5 Å². The van der Waals surface area contributed by atoms with E-state index < -0.39 is 17.8 Å². The minimum atomic E-state index is -1.44. The number of hydrogen-bond donors (Lipinski definition) is 2. The fraction of sp³-hybridized carbons (Fsp3) is 0.310. The number of carboxylic acid groups (broad SMARTS) is 1. The zero-order valence-electron chi connectivity index (χ0n) is 20.4. The van der Waals surface area contributed by atoms with Crippen molar-refractivity contribution in [1.82, 2.24) is 5.32 Å². The molecule has 0 spiro atoms. The Bertz CT molecular complexity index is 1290. The molecule has 0 aromatic heterocycles. The molecule has 2 N–H and O–H groups in total. The van der Waals surface area contributed by atoms with Gasteiger partial charge in [0.1, 0.15) is 0 Å². The van der Waals surface area contributed by atoms with E-state index in [-0.39, 0.29) is 18.3 Å². The standard InChI is InChI=1S/C29H29NO6/c1-19-6-5-9-23(14-19)28(12-13-28)18-35-25-15-20(10-11-24(25)34-2)26(31)30-29(36-27(32)33)16-21-7-3-4-8-22(21)17-29/h3-11,14-15H,12-13,16-18H2,1-2H3,(H,30,31)(H,32,33). The normalized spacial score (nSPS) is 16.5. The molecule has 1 saturated carbocycles. The molecular weight excluding hydrogens is 458 g/mol. The molecule has 2 aliphatic carbocycles. The van der Waals surface area contributed by atoms with Gasteiger partial charge in [0, 0.05) is 23.8 Å². The van der Waals surface area contributed by atoms with Crippen LogP contribution in [-0.4, -0.2) is 36.6 Å². The maximum absolute atomic E-state index is 13.3. The quantitative estimate of drug-likeness (QED) is 0.342. The fourth-order valence-electron chi connectivity index (χ4n) is 5.00. The number of hydrogen-bond acceptors (Lipinski definition) is 5. The molecule has 1 amide bonds. The summed E-state index contributed by atoms with van der Waals surface area (Å²) in [6, 6.07) is 21.0. The van der Waals surface area contributed by atoms with Crippen LogP contribution in [0.3, 0.4) is 0 Å². The van der Waals surface area contributed by atoms with Gasteiger partial charge in [0.05, 0.1) is 13.7 Å². The van der Waals surface area contributed by atoms with Crippen LogP contribution < -0.4 is 14.8 Å². The zero-order valence-corrected chi connectivity index (χ0v) is 20.4. The highest BCUT2D eigenvalue weighted by atomic mass is 16.7. The Labute approximate surface area is 210 Å². The number of carbonyl (C=O) groups excluding carboxylic acids is 1. The topological polar surface area (TPSA) is 94.1 Å². The Kier molecular flexibility index (Phi) is 6.08. The Hall–Kier alpha value is -4.00. The highest BCUT2D eigenvalue weighted by Gasteiger charge is 2.45. The second-order valence-corrected chi connectivity index (χ2v) is 9.74. The van der Waals surface area contributed by atoms with Crippen LogP contribution in [0, 0.1) is 6.92 Å². The van der Waals surface area contributed by atoms with Crippen LogP contribution in [0.1, 0.15) is 45.5 Å². The third kappa shape index (κ3) is 4.73. The van der Waals surface area contributed by atoms with Crippen LogP contribution in [0.5, 0.6) is 11.5 Å². The van der Waals surface area contributed by atoms with Gasteiger partial charge in [-0.05, 0) is 54.7 Å². The summed E-state index contributed by atoms with van der Waals surface area (Å²) in [4.78, 5) is 24.8. The van der Waals surface area contributed by atoms with E-state index in [1.54, 1.807) is 25.3 Å². The van der Waals surface area contributed by atoms with Crippen molar-refractivity contribution < 1.29 is 28.9 Å². The molecule has 0 saturated heterocycles. The lowest BCUT2D eigenvalue weighted by Crippen LogP contribution is -2.52. The molecule has 0 unspecified atom stereocenters. The maximum Gasteiger partial charge on any atom is 0.507 e. The summed E-state index contributed by atoms with van der Waals surface area (Å²) >= 11 is 0. The Morgan fingerprint density at radius 2 is 1.67 bits per heavy atom. The predicted molar refractivity (Wildman–Crippen MR) is 134 cm³/mol. The number of nitrogens with one attached hydrogen (secondary N) is 1. The number of ether oxygens (including phenoxy) is 3. The number of methoxy groups -OCH3 is 1. The second-order valence-electron chi connectivity index (χ2n) is 9.74. The van der Waals surface area contributed by atoms with Crippen molar-refractivity contribution in [3.8, 4) is 11.5 Å². The predicted octanol–water partition coefficient (Wildman–Crippen LogP) is 5.03. The van der Waals surface area contributed by atoms with E-state index in [4.69, 9.17) is 14.2 Å². The summed E-state index contributed by atoms with van der Waals surface area (Å²) in [6.07, 6.45) is 1.16. The highest BCUT2D eigenvalue weighted by molar-refractivity contribution is 5.95. The van der Waals surface area contributed by atoms with Gasteiger partial charge in [-0.2, -0.15) is 0 Å². The van der Waals surface area contributed by atoms with Crippen LogP contribution in [-0.2, 0) is 23.0 Å². The average Bonchev–Trinajstić information content (AvgIpc) is 3.56. The number of aryl methyl sites for hydroxylation is 1. The summed E-state index contributed by atoms with van der Waals surface area (Å²) in [5.41, 5.74) is 3.29. The minimum absolute atomic E-state index is 0.0374. The summed E-state index contributed by atoms with van der Waals surface area (Å²) < 4.78 is 16.9. The number of benzene rings is 3. The third-order valence-corrected chi connectivity index (χ3v) is 7.11. The van der Waals surface area contributed by atoms with Crippen molar-refractivity contribution in [3.63, 3.8) is 0 Å². The molecule has 0 bridgehead atoms. The molecule has 0 heterocycles. The van der Waals surface area contributed by atoms with Crippen molar-refractivity contribution in [1.29, 1.82) is 0 Å². The van der Waals surface area contributed by atoms with Gasteiger partial charge in [-0.25, -0.2) is 4.79 Å². The van der Waals surface area contributed by atoms with Crippen molar-refractivity contribution >= 4 is 12.1 Å². The first kappa shape index (κ1) is 23.7. The van der Waals surface area contributed by atoms with Gasteiger partial charge in [-0.1, -0.05) is 54.1 Å². The average molecular weight is 488 g/mol. The Morgan fingerprint density at radius 1 is 0.944 bits per heavy atom. The van der Waals surface area contributed by atoms with Gasteiger partial charge >= 0.3 is 6.16 Å². The van der Waals surface area contributed by atoms with Crippen molar-refractivity contribution in [2.75, 3.05) is 13.7 Å². The largest absolute Gasteiger partial charge is 0.507 e. The molecule has 0 aliphatic heterocycles. The van der Waals surface area contributed by atoms with Gasteiger partial charge in [0.25, 0.3) is 5.91 Å². The monoisotopic (exact) mass is 487 g/mol. The Morgan fingerprint density at radius 3 is 2.28 bits per heavy atom. The summed E-state index contributed by atoms with van der Waals surface area (Å²) in [5.74, 6) is 0.541. The van der Waals surface area contributed by atoms with E-state index in [1.165, 1.54) is 11.1 Å². The lowest BCUT2D eigenvalue weighted by molar-refractivity contribution is -0.0299. The van der Waals surface area contributed by atoms with Crippen LogP contribution in [0.2, 0.25) is 0 Å². The first-order valence-corrected chi connectivity index (χ1v) is 12.0. The molecule has 186 valence electrons. The first-order valence-electron chi connectivity index (χ1n) is 12.0. The fourth-order valence-corrected chi connectivity index (χ4v) is 5.00. The van der Waals surface area contributed by atoms with Gasteiger partial charge in [-0.3, -0.25) is 4.79 Å². The van der Waals surface area contributed by atoms with E-state index in [2.05, 4.69) is 36.5 Å².